The molecule has 0 unspecified atom stereocenters. The van der Waals surface area contributed by atoms with Crippen LogP contribution in [0.15, 0.2) is 30.5 Å². The highest BCUT2D eigenvalue weighted by molar-refractivity contribution is 5.82. The van der Waals surface area contributed by atoms with Gasteiger partial charge in [0.2, 0.25) is 0 Å². The molecule has 15 heavy (non-hydrogen) atoms. The summed E-state index contributed by atoms with van der Waals surface area (Å²) in [5, 5.41) is 4.78. The molecule has 0 bridgehead atoms. The smallest absolute Gasteiger partial charge is 0.0643 e. The molecule has 0 aliphatic carbocycles. The second-order valence-electron chi connectivity index (χ2n) is 3.97. The molecular formula is C12H14N2O. The fraction of sp³-hybridized carbons (Fsp3) is 0.333. The third-order valence-electron chi connectivity index (χ3n) is 2.89. The highest BCUT2D eigenvalue weighted by Gasteiger charge is 2.17. The van der Waals surface area contributed by atoms with Gasteiger partial charge in [-0.3, -0.25) is 0 Å². The van der Waals surface area contributed by atoms with Gasteiger partial charge in [0.1, 0.15) is 0 Å². The van der Waals surface area contributed by atoms with Gasteiger partial charge in [0.05, 0.1) is 19.3 Å². The number of nitrogens with one attached hydrogen (secondary N) is 2. The number of aromatic amines is 1. The minimum Gasteiger partial charge on any atom is -0.378 e. The SMILES string of the molecule is c1ccc2c(CNC3COC3)c[nH]c2c1. The third kappa shape index (κ3) is 1.64. The third-order valence-corrected chi connectivity index (χ3v) is 2.89. The van der Waals surface area contributed by atoms with E-state index in [1.54, 1.807) is 0 Å². The number of H-pyrrole nitrogens is 1. The van der Waals surface area contributed by atoms with E-state index in [1.807, 2.05) is 0 Å². The summed E-state index contributed by atoms with van der Waals surface area (Å²) in [6.07, 6.45) is 2.08. The van der Waals surface area contributed by atoms with Crippen LogP contribution in [0.5, 0.6) is 0 Å². The Bertz CT molecular complexity index is 459. The lowest BCUT2D eigenvalue weighted by Crippen LogP contribution is -2.45. The molecule has 3 nitrogen and oxygen atoms in total. The van der Waals surface area contributed by atoms with Crippen LogP contribution in [0.1, 0.15) is 5.56 Å². The number of hydrogen-bond acceptors (Lipinski definition) is 2. The molecule has 2 aromatic rings. The zero-order valence-electron chi connectivity index (χ0n) is 8.49. The van der Waals surface area contributed by atoms with Crippen LogP contribution in [0.25, 0.3) is 10.9 Å². The molecule has 1 saturated heterocycles. The Morgan fingerprint density at radius 1 is 1.33 bits per heavy atom. The topological polar surface area (TPSA) is 37.0 Å². The van der Waals surface area contributed by atoms with Crippen molar-refractivity contribution < 1.29 is 4.74 Å². The van der Waals surface area contributed by atoms with Crippen LogP contribution in [0.2, 0.25) is 0 Å². The number of fused-ring (bicyclic) bond motifs is 1. The number of rotatable bonds is 3. The molecular weight excluding hydrogens is 188 g/mol. The molecule has 0 radical (unpaired) electrons. The predicted octanol–water partition coefficient (Wildman–Crippen LogP) is 1.66. The van der Waals surface area contributed by atoms with Crippen LogP contribution >= 0.6 is 0 Å². The minimum atomic E-state index is 0.540. The standard InChI is InChI=1S/C12H14N2O/c1-2-4-12-11(3-1)9(6-14-12)5-13-10-7-15-8-10/h1-4,6,10,13-14H,5,7-8H2. The summed E-state index contributed by atoms with van der Waals surface area (Å²) < 4.78 is 5.12. The largest absolute Gasteiger partial charge is 0.378 e. The fourth-order valence-corrected chi connectivity index (χ4v) is 1.89. The molecule has 2 heterocycles. The van der Waals surface area contributed by atoms with E-state index in [9.17, 15) is 0 Å². The normalized spacial score (nSPS) is 16.8. The van der Waals surface area contributed by atoms with E-state index >= 15 is 0 Å². The summed E-state index contributed by atoms with van der Waals surface area (Å²) in [7, 11) is 0. The van der Waals surface area contributed by atoms with E-state index in [2.05, 4.69) is 40.8 Å². The molecule has 0 amide bonds. The number of benzene rings is 1. The molecule has 1 aromatic carbocycles. The quantitative estimate of drug-likeness (QED) is 0.794. The summed E-state index contributed by atoms with van der Waals surface area (Å²) in [6, 6.07) is 8.92. The zero-order chi connectivity index (χ0) is 10.1. The van der Waals surface area contributed by atoms with Gasteiger partial charge in [-0.05, 0) is 11.6 Å². The monoisotopic (exact) mass is 202 g/mol. The minimum absolute atomic E-state index is 0.540. The van der Waals surface area contributed by atoms with E-state index in [4.69, 9.17) is 4.74 Å². The van der Waals surface area contributed by atoms with Crippen LogP contribution in [0, 0.1) is 0 Å². The van der Waals surface area contributed by atoms with Crippen LogP contribution in [0.3, 0.4) is 0 Å². The maximum Gasteiger partial charge on any atom is 0.0643 e. The van der Waals surface area contributed by atoms with E-state index in [0.717, 1.165) is 19.8 Å². The Labute approximate surface area is 88.4 Å². The van der Waals surface area contributed by atoms with Crippen LogP contribution < -0.4 is 5.32 Å². The molecule has 2 N–H and O–H groups in total. The molecule has 3 rings (SSSR count). The highest BCUT2D eigenvalue weighted by Crippen LogP contribution is 2.17. The van der Waals surface area contributed by atoms with Gasteiger partial charge in [-0.15, -0.1) is 0 Å². The van der Waals surface area contributed by atoms with Crippen LogP contribution in [0.4, 0.5) is 0 Å². The van der Waals surface area contributed by atoms with Gasteiger partial charge in [-0.25, -0.2) is 0 Å². The number of aromatic nitrogens is 1. The van der Waals surface area contributed by atoms with Gasteiger partial charge in [-0.2, -0.15) is 0 Å². The van der Waals surface area contributed by atoms with E-state index in [0.29, 0.717) is 6.04 Å². The van der Waals surface area contributed by atoms with Crippen molar-refractivity contribution in [2.75, 3.05) is 13.2 Å². The van der Waals surface area contributed by atoms with Gasteiger partial charge in [-0.1, -0.05) is 18.2 Å². The van der Waals surface area contributed by atoms with Gasteiger partial charge in [0.25, 0.3) is 0 Å². The van der Waals surface area contributed by atoms with Gasteiger partial charge >= 0.3 is 0 Å². The Kier molecular flexibility index (Phi) is 2.19. The van der Waals surface area contributed by atoms with Crippen molar-refractivity contribution in [3.8, 4) is 0 Å². The lowest BCUT2D eigenvalue weighted by Gasteiger charge is -2.26. The average Bonchev–Trinajstić information content (AvgIpc) is 2.60. The lowest BCUT2D eigenvalue weighted by atomic mass is 10.1. The molecule has 0 spiro atoms. The molecule has 78 valence electrons. The first-order valence-electron chi connectivity index (χ1n) is 5.29. The van der Waals surface area contributed by atoms with Gasteiger partial charge in [0, 0.05) is 23.6 Å². The first-order valence-corrected chi connectivity index (χ1v) is 5.29. The summed E-state index contributed by atoms with van der Waals surface area (Å²) in [4.78, 5) is 3.28. The van der Waals surface area contributed by atoms with Crippen LogP contribution in [-0.4, -0.2) is 24.2 Å². The van der Waals surface area contributed by atoms with E-state index in [-0.39, 0.29) is 0 Å². The van der Waals surface area contributed by atoms with Crippen molar-refractivity contribution in [1.82, 2.24) is 10.3 Å². The van der Waals surface area contributed by atoms with Crippen molar-refractivity contribution in [1.29, 1.82) is 0 Å². The molecule has 3 heteroatoms. The molecule has 0 saturated carbocycles. The zero-order valence-corrected chi connectivity index (χ0v) is 8.49. The molecule has 1 fully saturated rings. The first-order chi connectivity index (χ1) is 7.43. The average molecular weight is 202 g/mol. The Hall–Kier alpha value is -1.32. The number of hydrogen-bond donors (Lipinski definition) is 2. The molecule has 1 aliphatic heterocycles. The predicted molar refractivity (Wildman–Crippen MR) is 59.7 cm³/mol. The molecule has 0 atom stereocenters. The lowest BCUT2D eigenvalue weighted by molar-refractivity contribution is -0.00574. The molecule has 1 aromatic heterocycles. The van der Waals surface area contributed by atoms with Crippen molar-refractivity contribution in [3.63, 3.8) is 0 Å². The number of para-hydroxylation sites is 1. The Morgan fingerprint density at radius 2 is 2.20 bits per heavy atom. The van der Waals surface area contributed by atoms with Crippen molar-refractivity contribution in [2.45, 2.75) is 12.6 Å². The van der Waals surface area contributed by atoms with Crippen molar-refractivity contribution in [2.24, 2.45) is 0 Å². The maximum atomic E-state index is 5.12. The van der Waals surface area contributed by atoms with E-state index < -0.39 is 0 Å². The van der Waals surface area contributed by atoms with Gasteiger partial charge < -0.3 is 15.0 Å². The van der Waals surface area contributed by atoms with E-state index in [1.165, 1.54) is 16.5 Å². The maximum absolute atomic E-state index is 5.12. The van der Waals surface area contributed by atoms with Crippen LogP contribution in [-0.2, 0) is 11.3 Å². The Morgan fingerprint density at radius 3 is 3.00 bits per heavy atom. The van der Waals surface area contributed by atoms with Crippen molar-refractivity contribution in [3.05, 3.63) is 36.0 Å². The number of ether oxygens (including phenoxy) is 1. The second-order valence-corrected chi connectivity index (χ2v) is 3.97. The molecule has 1 aliphatic rings. The summed E-state index contributed by atoms with van der Waals surface area (Å²) >= 11 is 0. The first kappa shape index (κ1) is 8.95. The second kappa shape index (κ2) is 3.68. The highest BCUT2D eigenvalue weighted by atomic mass is 16.5. The Balaban J connectivity index is 1.78. The fourth-order valence-electron chi connectivity index (χ4n) is 1.89. The summed E-state index contributed by atoms with van der Waals surface area (Å²) in [5.41, 5.74) is 2.54. The summed E-state index contributed by atoms with van der Waals surface area (Å²) in [6.45, 7) is 2.61. The summed E-state index contributed by atoms with van der Waals surface area (Å²) in [5.74, 6) is 0. The van der Waals surface area contributed by atoms with Crippen molar-refractivity contribution >= 4 is 10.9 Å². The van der Waals surface area contributed by atoms with Gasteiger partial charge in [0.15, 0.2) is 0 Å².